The zero-order valence-electron chi connectivity index (χ0n) is 12.2. The first kappa shape index (κ1) is 16.7. The maximum Gasteiger partial charge on any atom is 0.239 e. The molecule has 1 aliphatic heterocycles. The van der Waals surface area contributed by atoms with E-state index in [2.05, 4.69) is 34.5 Å². The van der Waals surface area contributed by atoms with E-state index in [-0.39, 0.29) is 17.2 Å². The Labute approximate surface area is 137 Å². The van der Waals surface area contributed by atoms with Gasteiger partial charge in [0.25, 0.3) is 0 Å². The van der Waals surface area contributed by atoms with Crippen LogP contribution in [0.1, 0.15) is 25.7 Å². The molecule has 1 aromatic carbocycles. The number of thioether (sulfide) groups is 1. The number of nitrogens with zero attached hydrogens (tertiary/aromatic N) is 1. The lowest BCUT2D eigenvalue weighted by Gasteiger charge is -2.36. The topological polar surface area (TPSA) is 32.3 Å². The second kappa shape index (κ2) is 7.52. The Morgan fingerprint density at radius 1 is 1.10 bits per heavy atom. The van der Waals surface area contributed by atoms with Crippen molar-refractivity contribution in [2.75, 3.05) is 26.2 Å². The number of benzene rings is 1. The molecule has 1 aliphatic carbocycles. The minimum atomic E-state index is -0.210. The third kappa shape index (κ3) is 3.74. The van der Waals surface area contributed by atoms with Gasteiger partial charge in [0, 0.05) is 31.1 Å². The van der Waals surface area contributed by atoms with Gasteiger partial charge < -0.3 is 10.2 Å². The van der Waals surface area contributed by atoms with E-state index in [1.54, 1.807) is 11.8 Å². The molecule has 2 aliphatic rings. The van der Waals surface area contributed by atoms with Crippen molar-refractivity contribution in [3.05, 3.63) is 30.3 Å². The smallest absolute Gasteiger partial charge is 0.239 e. The van der Waals surface area contributed by atoms with Gasteiger partial charge in [0.1, 0.15) is 0 Å². The average Bonchev–Trinajstić information content (AvgIpc) is 2.98. The number of hydrogen-bond acceptors (Lipinski definition) is 3. The largest absolute Gasteiger partial charge is 0.339 e. The summed E-state index contributed by atoms with van der Waals surface area (Å²) in [4.78, 5) is 16.3. The van der Waals surface area contributed by atoms with Crippen LogP contribution in [0, 0.1) is 0 Å². The van der Waals surface area contributed by atoms with Gasteiger partial charge in [0.15, 0.2) is 0 Å². The van der Waals surface area contributed by atoms with Crippen molar-refractivity contribution in [2.24, 2.45) is 0 Å². The molecule has 3 rings (SSSR count). The molecule has 1 saturated carbocycles. The van der Waals surface area contributed by atoms with Crippen molar-refractivity contribution < 1.29 is 4.79 Å². The van der Waals surface area contributed by atoms with Crippen LogP contribution in [0.5, 0.6) is 0 Å². The molecule has 1 heterocycles. The zero-order chi connectivity index (χ0) is 13.8. The lowest BCUT2D eigenvalue weighted by atomic mass is 10.0. The minimum absolute atomic E-state index is 0. The van der Waals surface area contributed by atoms with Crippen molar-refractivity contribution >= 4 is 30.1 Å². The fraction of sp³-hybridized carbons (Fsp3) is 0.562. The van der Waals surface area contributed by atoms with Gasteiger partial charge in [-0.1, -0.05) is 31.0 Å². The number of carbonyl (C=O) groups is 1. The number of hydrogen-bond donors (Lipinski definition) is 1. The maximum atomic E-state index is 13.0. The molecule has 116 valence electrons. The molecule has 0 aromatic heterocycles. The number of nitrogens with one attached hydrogen (secondary N) is 1. The van der Waals surface area contributed by atoms with Gasteiger partial charge in [-0.05, 0) is 25.0 Å². The van der Waals surface area contributed by atoms with Crippen LogP contribution in [-0.4, -0.2) is 41.7 Å². The Morgan fingerprint density at radius 3 is 2.33 bits per heavy atom. The van der Waals surface area contributed by atoms with Gasteiger partial charge in [-0.25, -0.2) is 0 Å². The molecule has 1 amide bonds. The molecule has 2 fully saturated rings. The molecule has 0 radical (unpaired) electrons. The first-order valence-electron chi connectivity index (χ1n) is 7.54. The zero-order valence-corrected chi connectivity index (χ0v) is 13.8. The molecule has 0 spiro atoms. The van der Waals surface area contributed by atoms with Crippen LogP contribution in [0.25, 0.3) is 0 Å². The molecule has 1 N–H and O–H groups in total. The summed E-state index contributed by atoms with van der Waals surface area (Å²) in [5.41, 5.74) is 0. The second-order valence-electron chi connectivity index (χ2n) is 5.66. The van der Waals surface area contributed by atoms with Gasteiger partial charge in [-0.15, -0.1) is 24.2 Å². The Balaban J connectivity index is 0.00000161. The number of rotatable bonds is 3. The Kier molecular flexibility index (Phi) is 5.97. The van der Waals surface area contributed by atoms with Gasteiger partial charge in [-0.3, -0.25) is 4.79 Å². The van der Waals surface area contributed by atoms with Crippen LogP contribution >= 0.6 is 24.2 Å². The normalized spacial score (nSPS) is 20.9. The van der Waals surface area contributed by atoms with Crippen molar-refractivity contribution in [1.29, 1.82) is 0 Å². The van der Waals surface area contributed by atoms with Crippen molar-refractivity contribution in [3.8, 4) is 0 Å². The number of carbonyl (C=O) groups excluding carboxylic acids is 1. The molecule has 0 bridgehead atoms. The predicted octanol–water partition coefficient (Wildman–Crippen LogP) is 2.95. The summed E-state index contributed by atoms with van der Waals surface area (Å²) in [6.45, 7) is 3.57. The summed E-state index contributed by atoms with van der Waals surface area (Å²) in [5, 5.41) is 3.32. The summed E-state index contributed by atoms with van der Waals surface area (Å²) < 4.78 is -0.210. The Hall–Kier alpha value is -0.710. The monoisotopic (exact) mass is 326 g/mol. The van der Waals surface area contributed by atoms with E-state index in [9.17, 15) is 4.79 Å². The molecule has 1 saturated heterocycles. The average molecular weight is 327 g/mol. The highest BCUT2D eigenvalue weighted by molar-refractivity contribution is 8.01. The lowest BCUT2D eigenvalue weighted by molar-refractivity contribution is -0.134. The summed E-state index contributed by atoms with van der Waals surface area (Å²) in [7, 11) is 0. The molecule has 0 unspecified atom stereocenters. The minimum Gasteiger partial charge on any atom is -0.339 e. The van der Waals surface area contributed by atoms with Crippen molar-refractivity contribution in [2.45, 2.75) is 35.3 Å². The van der Waals surface area contributed by atoms with E-state index in [0.717, 1.165) is 39.0 Å². The van der Waals surface area contributed by atoms with Gasteiger partial charge in [-0.2, -0.15) is 0 Å². The highest BCUT2D eigenvalue weighted by Gasteiger charge is 2.44. The van der Waals surface area contributed by atoms with E-state index in [0.29, 0.717) is 5.91 Å². The van der Waals surface area contributed by atoms with Crippen LogP contribution in [0.2, 0.25) is 0 Å². The van der Waals surface area contributed by atoms with Crippen molar-refractivity contribution in [3.63, 3.8) is 0 Å². The van der Waals surface area contributed by atoms with Crippen molar-refractivity contribution in [1.82, 2.24) is 10.2 Å². The quantitative estimate of drug-likeness (QED) is 0.927. The van der Waals surface area contributed by atoms with E-state index in [1.807, 2.05) is 6.07 Å². The summed E-state index contributed by atoms with van der Waals surface area (Å²) in [6.07, 6.45) is 4.40. The molecule has 1 aromatic rings. The number of piperazine rings is 1. The third-order valence-electron chi connectivity index (χ3n) is 4.26. The highest BCUT2D eigenvalue weighted by atomic mass is 35.5. The van der Waals surface area contributed by atoms with E-state index in [4.69, 9.17) is 0 Å². The van der Waals surface area contributed by atoms with Gasteiger partial charge in [0.2, 0.25) is 5.91 Å². The Bertz CT molecular complexity index is 457. The van der Waals surface area contributed by atoms with Crippen LogP contribution in [0.4, 0.5) is 0 Å². The first-order valence-corrected chi connectivity index (χ1v) is 8.36. The summed E-state index contributed by atoms with van der Waals surface area (Å²) in [5.74, 6) is 0.366. The maximum absolute atomic E-state index is 13.0. The number of amides is 1. The molecule has 3 nitrogen and oxygen atoms in total. The second-order valence-corrected chi connectivity index (χ2v) is 7.12. The number of halogens is 1. The highest BCUT2D eigenvalue weighted by Crippen LogP contribution is 2.46. The third-order valence-corrected chi connectivity index (χ3v) is 5.74. The first-order chi connectivity index (χ1) is 9.80. The summed E-state index contributed by atoms with van der Waals surface area (Å²) >= 11 is 1.79. The summed E-state index contributed by atoms with van der Waals surface area (Å²) in [6, 6.07) is 10.4. The van der Waals surface area contributed by atoms with E-state index < -0.39 is 0 Å². The van der Waals surface area contributed by atoms with Gasteiger partial charge in [0.05, 0.1) is 4.75 Å². The van der Waals surface area contributed by atoms with Gasteiger partial charge >= 0.3 is 0 Å². The molecule has 21 heavy (non-hydrogen) atoms. The lowest BCUT2D eigenvalue weighted by Crippen LogP contribution is -2.52. The fourth-order valence-electron chi connectivity index (χ4n) is 3.18. The SMILES string of the molecule is Cl.O=C(N1CCNCC1)C1(Sc2ccccc2)CCCC1. The van der Waals surface area contributed by atoms with E-state index >= 15 is 0 Å². The Morgan fingerprint density at radius 2 is 1.71 bits per heavy atom. The van der Waals surface area contributed by atoms with E-state index in [1.165, 1.54) is 17.7 Å². The molecule has 0 atom stereocenters. The van der Waals surface area contributed by atoms with Crippen LogP contribution in [0.15, 0.2) is 35.2 Å². The van der Waals surface area contributed by atoms with Crippen LogP contribution in [-0.2, 0) is 4.79 Å². The van der Waals surface area contributed by atoms with Crippen LogP contribution in [0.3, 0.4) is 0 Å². The standard InChI is InChI=1S/C16H22N2OS.ClH/c19-15(18-12-10-17-11-13-18)16(8-4-5-9-16)20-14-6-2-1-3-7-14;/h1-3,6-7,17H,4-5,8-13H2;1H. The molecule has 5 heteroatoms. The van der Waals surface area contributed by atoms with Crippen LogP contribution < -0.4 is 5.32 Å². The fourth-order valence-corrected chi connectivity index (χ4v) is 4.63. The molecular formula is C16H23ClN2OS. The molecular weight excluding hydrogens is 304 g/mol. The predicted molar refractivity (Wildman–Crippen MR) is 90.2 cm³/mol.